The van der Waals surface area contributed by atoms with Crippen LogP contribution in [0.2, 0.25) is 0 Å². The van der Waals surface area contributed by atoms with E-state index in [-0.39, 0.29) is 0 Å². The molecule has 1 atom stereocenters. The largest absolute Gasteiger partial charge is 0.497 e. The summed E-state index contributed by atoms with van der Waals surface area (Å²) in [4.78, 5) is 27.5. The number of para-hydroxylation sites is 1. The zero-order valence-electron chi connectivity index (χ0n) is 12.8. The van der Waals surface area contributed by atoms with Crippen molar-refractivity contribution in [3.8, 4) is 5.75 Å². The van der Waals surface area contributed by atoms with Gasteiger partial charge in [-0.2, -0.15) is 0 Å². The van der Waals surface area contributed by atoms with Gasteiger partial charge in [0.1, 0.15) is 5.75 Å². The number of aliphatic imine (C=N–C) groups is 1. The lowest BCUT2D eigenvalue weighted by atomic mass is 10.0. The highest BCUT2D eigenvalue weighted by atomic mass is 16.5. The number of nitrogens with one attached hydrogen (secondary N) is 2. The Balaban J connectivity index is 2.12. The van der Waals surface area contributed by atoms with Crippen molar-refractivity contribution in [3.05, 3.63) is 59.7 Å². The monoisotopic (exact) mass is 325 g/mol. The molecule has 7 heteroatoms. The molecule has 1 unspecified atom stereocenters. The van der Waals surface area contributed by atoms with Crippen LogP contribution in [-0.2, 0) is 4.79 Å². The molecule has 0 radical (unpaired) electrons. The summed E-state index contributed by atoms with van der Waals surface area (Å²) in [5.41, 5.74) is 2.56. The lowest BCUT2D eigenvalue weighted by Gasteiger charge is -2.11. The third-order valence-corrected chi connectivity index (χ3v) is 3.57. The first-order chi connectivity index (χ1) is 11.6. The summed E-state index contributed by atoms with van der Waals surface area (Å²) in [6.45, 7) is 0. The third kappa shape index (κ3) is 3.05. The van der Waals surface area contributed by atoms with Crippen LogP contribution < -0.4 is 15.4 Å². The van der Waals surface area contributed by atoms with Crippen molar-refractivity contribution in [2.24, 2.45) is 4.99 Å². The molecular weight excluding hydrogens is 310 g/mol. The van der Waals surface area contributed by atoms with Crippen LogP contribution in [0.25, 0.3) is 0 Å². The summed E-state index contributed by atoms with van der Waals surface area (Å²) in [6, 6.07) is 14.4. The molecule has 0 aromatic heterocycles. The molecule has 0 aliphatic carbocycles. The molecule has 0 fully saturated rings. The van der Waals surface area contributed by atoms with E-state index in [1.807, 2.05) is 24.3 Å². The first kappa shape index (κ1) is 15.5. The normalized spacial score (nSPS) is 16.3. The molecule has 122 valence electrons. The van der Waals surface area contributed by atoms with Crippen LogP contribution >= 0.6 is 0 Å². The summed E-state index contributed by atoms with van der Waals surface area (Å²) >= 11 is 0. The molecule has 1 heterocycles. The van der Waals surface area contributed by atoms with E-state index in [2.05, 4.69) is 15.6 Å². The van der Waals surface area contributed by atoms with Crippen molar-refractivity contribution in [3.63, 3.8) is 0 Å². The number of nitrogens with zero attached hydrogens (tertiary/aromatic N) is 1. The molecule has 1 aliphatic rings. The second-order valence-corrected chi connectivity index (χ2v) is 5.09. The number of anilines is 1. The minimum atomic E-state index is -1.32. The molecule has 0 saturated heterocycles. The number of benzene rings is 2. The van der Waals surface area contributed by atoms with Gasteiger partial charge in [0.2, 0.25) is 6.17 Å². The van der Waals surface area contributed by atoms with E-state index in [1.165, 1.54) is 0 Å². The number of carbonyl (C=O) groups is 2. The molecule has 7 nitrogen and oxygen atoms in total. The molecule has 0 saturated carbocycles. The fraction of sp³-hybridized carbons (Fsp3) is 0.118. The van der Waals surface area contributed by atoms with Crippen LogP contribution in [0.1, 0.15) is 11.1 Å². The maximum atomic E-state index is 12.2. The van der Waals surface area contributed by atoms with E-state index in [1.54, 1.807) is 31.4 Å². The summed E-state index contributed by atoms with van der Waals surface area (Å²) in [7, 11) is 1.57. The van der Waals surface area contributed by atoms with Crippen molar-refractivity contribution in [1.82, 2.24) is 5.32 Å². The number of hydrogen-bond donors (Lipinski definition) is 3. The van der Waals surface area contributed by atoms with Gasteiger partial charge in [-0.25, -0.2) is 9.79 Å². The Morgan fingerprint density at radius 2 is 1.92 bits per heavy atom. The van der Waals surface area contributed by atoms with Gasteiger partial charge in [-0.1, -0.05) is 18.2 Å². The number of benzodiazepines with no additional fused rings is 1. The van der Waals surface area contributed by atoms with Crippen molar-refractivity contribution < 1.29 is 19.4 Å². The van der Waals surface area contributed by atoms with Gasteiger partial charge >= 0.3 is 6.09 Å². The highest BCUT2D eigenvalue weighted by molar-refractivity contribution is 6.19. The van der Waals surface area contributed by atoms with Gasteiger partial charge in [-0.15, -0.1) is 0 Å². The molecular formula is C17H15N3O4. The number of carbonyl (C=O) groups excluding carboxylic acids is 1. The molecule has 1 aliphatic heterocycles. The van der Waals surface area contributed by atoms with Crippen molar-refractivity contribution in [2.45, 2.75) is 6.17 Å². The topological polar surface area (TPSA) is 100 Å². The Kier molecular flexibility index (Phi) is 4.15. The number of ether oxygens (including phenoxy) is 1. The average molecular weight is 325 g/mol. The number of methoxy groups -OCH3 is 1. The molecule has 2 aromatic rings. The zero-order chi connectivity index (χ0) is 17.1. The lowest BCUT2D eigenvalue weighted by molar-refractivity contribution is -0.117. The summed E-state index contributed by atoms with van der Waals surface area (Å²) in [6.07, 6.45) is -2.55. The Morgan fingerprint density at radius 3 is 2.58 bits per heavy atom. The highest BCUT2D eigenvalue weighted by Crippen LogP contribution is 2.24. The molecule has 0 spiro atoms. The Morgan fingerprint density at radius 1 is 1.21 bits per heavy atom. The summed E-state index contributed by atoms with van der Waals surface area (Å²) in [5, 5.41) is 13.8. The second kappa shape index (κ2) is 6.41. The lowest BCUT2D eigenvalue weighted by Crippen LogP contribution is -2.41. The first-order valence-corrected chi connectivity index (χ1v) is 7.20. The predicted molar refractivity (Wildman–Crippen MR) is 88.7 cm³/mol. The third-order valence-electron chi connectivity index (χ3n) is 3.57. The molecule has 3 N–H and O–H groups in total. The molecule has 24 heavy (non-hydrogen) atoms. The van der Waals surface area contributed by atoms with E-state index >= 15 is 0 Å². The van der Waals surface area contributed by atoms with Crippen LogP contribution in [0.4, 0.5) is 10.5 Å². The van der Waals surface area contributed by atoms with Crippen molar-refractivity contribution in [1.29, 1.82) is 0 Å². The van der Waals surface area contributed by atoms with Gasteiger partial charge in [0.25, 0.3) is 5.91 Å². The van der Waals surface area contributed by atoms with Crippen LogP contribution in [0.5, 0.6) is 5.75 Å². The Labute approximate surface area is 138 Å². The highest BCUT2D eigenvalue weighted by Gasteiger charge is 2.26. The van der Waals surface area contributed by atoms with Gasteiger partial charge in [0.15, 0.2) is 0 Å². The smallest absolute Gasteiger partial charge is 0.406 e. The van der Waals surface area contributed by atoms with Crippen LogP contribution in [0.15, 0.2) is 53.5 Å². The van der Waals surface area contributed by atoms with E-state index in [0.717, 1.165) is 5.56 Å². The zero-order valence-corrected chi connectivity index (χ0v) is 12.8. The molecule has 2 aromatic carbocycles. The van der Waals surface area contributed by atoms with Crippen LogP contribution in [-0.4, -0.2) is 36.1 Å². The van der Waals surface area contributed by atoms with Gasteiger partial charge in [-0.05, 0) is 30.3 Å². The van der Waals surface area contributed by atoms with Crippen LogP contribution in [0, 0.1) is 0 Å². The van der Waals surface area contributed by atoms with Gasteiger partial charge in [0.05, 0.1) is 18.5 Å². The molecule has 0 bridgehead atoms. The van der Waals surface area contributed by atoms with Crippen molar-refractivity contribution in [2.75, 3.05) is 12.4 Å². The van der Waals surface area contributed by atoms with E-state index in [9.17, 15) is 9.59 Å². The van der Waals surface area contributed by atoms with E-state index in [4.69, 9.17) is 9.84 Å². The SMILES string of the molecule is COc1ccc(C2=NC(NC(=O)O)C(=O)Nc3ccccc32)cc1. The predicted octanol–water partition coefficient (Wildman–Crippen LogP) is 2.08. The summed E-state index contributed by atoms with van der Waals surface area (Å²) in [5.74, 6) is 0.157. The number of fused-ring (bicyclic) bond motifs is 1. The number of rotatable bonds is 3. The number of hydrogen-bond acceptors (Lipinski definition) is 4. The van der Waals surface area contributed by atoms with Crippen molar-refractivity contribution >= 4 is 23.4 Å². The fourth-order valence-corrected chi connectivity index (χ4v) is 2.45. The van der Waals surface area contributed by atoms with Gasteiger partial charge in [-0.3, -0.25) is 10.1 Å². The maximum Gasteiger partial charge on any atom is 0.406 e. The number of carboxylic acid groups (broad SMARTS) is 1. The fourth-order valence-electron chi connectivity index (χ4n) is 2.45. The Hall–Kier alpha value is -3.35. The maximum absolute atomic E-state index is 12.2. The van der Waals surface area contributed by atoms with E-state index in [0.29, 0.717) is 22.7 Å². The summed E-state index contributed by atoms with van der Waals surface area (Å²) < 4.78 is 5.15. The average Bonchev–Trinajstić information content (AvgIpc) is 2.72. The Bertz CT molecular complexity index is 815. The van der Waals surface area contributed by atoms with E-state index < -0.39 is 18.2 Å². The minimum Gasteiger partial charge on any atom is -0.497 e. The van der Waals surface area contributed by atoms with Crippen LogP contribution in [0.3, 0.4) is 0 Å². The number of amides is 2. The quantitative estimate of drug-likeness (QED) is 0.804. The minimum absolute atomic E-state index is 0.519. The second-order valence-electron chi connectivity index (χ2n) is 5.09. The van der Waals surface area contributed by atoms with Gasteiger partial charge in [0, 0.05) is 11.1 Å². The molecule has 3 rings (SSSR count). The van der Waals surface area contributed by atoms with Gasteiger partial charge < -0.3 is 15.2 Å². The molecule has 2 amide bonds. The first-order valence-electron chi connectivity index (χ1n) is 7.20. The standard InChI is InChI=1S/C17H15N3O4/c1-24-11-8-6-10(7-9-11)14-12-4-2-3-5-13(12)18-16(21)15(19-14)20-17(22)23/h2-9,15,20H,1H3,(H,18,21)(H,22,23).